The molecule has 2 unspecified atom stereocenters. The van der Waals surface area contributed by atoms with E-state index in [9.17, 15) is 14.7 Å². The molecule has 2 aromatic carbocycles. The molecule has 10 nitrogen and oxygen atoms in total. The summed E-state index contributed by atoms with van der Waals surface area (Å²) in [5, 5.41) is 14.2. The number of nitrogens with zero attached hydrogens (tertiary/aromatic N) is 1. The van der Waals surface area contributed by atoms with Crippen LogP contribution in [0.2, 0.25) is 0 Å². The highest BCUT2D eigenvalue weighted by atomic mass is 35.5. The number of cyclic esters (lactones) is 1. The molecule has 11 heteroatoms. The van der Waals surface area contributed by atoms with Gasteiger partial charge >= 0.3 is 5.97 Å². The van der Waals surface area contributed by atoms with Gasteiger partial charge in [0.1, 0.15) is 0 Å². The second kappa shape index (κ2) is 11.0. The summed E-state index contributed by atoms with van der Waals surface area (Å²) in [6.07, 6.45) is 2.37. The van der Waals surface area contributed by atoms with Crippen molar-refractivity contribution in [3.8, 4) is 28.7 Å². The molecule has 0 bridgehead atoms. The van der Waals surface area contributed by atoms with Crippen molar-refractivity contribution in [1.82, 2.24) is 10.2 Å². The fourth-order valence-corrected chi connectivity index (χ4v) is 6.39. The van der Waals surface area contributed by atoms with E-state index in [1.165, 1.54) is 14.2 Å². The normalized spacial score (nSPS) is 24.6. The van der Waals surface area contributed by atoms with Crippen LogP contribution >= 0.6 is 12.4 Å². The Hall–Kier alpha value is -3.37. The lowest BCUT2D eigenvalue weighted by molar-refractivity contribution is -0.141. The molecule has 0 radical (unpaired) electrons. The molecular formula is C28H33ClN2O8. The number of rotatable bonds is 8. The molecule has 4 atom stereocenters. The van der Waals surface area contributed by atoms with Gasteiger partial charge in [-0.1, -0.05) is 0 Å². The summed E-state index contributed by atoms with van der Waals surface area (Å²) >= 11 is 0. The first-order valence-electron chi connectivity index (χ1n) is 13.1. The van der Waals surface area contributed by atoms with Crippen LogP contribution in [0.1, 0.15) is 47.9 Å². The molecule has 3 aliphatic heterocycles. The smallest absolute Gasteiger partial charge is 0.310 e. The van der Waals surface area contributed by atoms with Crippen LogP contribution in [0, 0.1) is 11.8 Å². The molecule has 0 saturated carbocycles. The largest absolute Gasteiger partial charge is 0.502 e. The minimum absolute atomic E-state index is 0. The number of amides is 1. The topological polar surface area (TPSA) is 116 Å². The summed E-state index contributed by atoms with van der Waals surface area (Å²) in [6.45, 7) is 2.66. The Morgan fingerprint density at radius 3 is 2.36 bits per heavy atom. The fraction of sp³-hybridized carbons (Fsp3) is 0.500. The SMILES string of the molecule is COc1cc(C2c3cc4c(cc3[C@@H](NCCCN3CCCC3=O)C3COC(=O)[C@H]23)OCO4)cc(OC)c1O.Cl. The summed E-state index contributed by atoms with van der Waals surface area (Å²) in [7, 11) is 2.96. The van der Waals surface area contributed by atoms with Gasteiger partial charge in [0.15, 0.2) is 23.0 Å². The number of ether oxygens (including phenoxy) is 5. The number of esters is 1. The molecule has 2 aromatic rings. The standard InChI is InChI=1S/C28H32N2O8.ClH/c1-34-21-9-15(10-22(35-2)27(21)32)24-16-11-19-20(38-14-37-19)12-17(16)26(18-13-36-28(33)25(18)24)29-6-4-8-30-7-3-5-23(30)31;/h9-12,18,24-26,29,32H,3-8,13-14H2,1-2H3;1H/t18?,24?,25-,26+;/m0./s1. The van der Waals surface area contributed by atoms with E-state index in [0.717, 1.165) is 36.1 Å². The van der Waals surface area contributed by atoms with Crippen molar-refractivity contribution in [3.05, 3.63) is 41.0 Å². The zero-order valence-electron chi connectivity index (χ0n) is 21.9. The van der Waals surface area contributed by atoms with Crippen molar-refractivity contribution < 1.29 is 38.4 Å². The lowest BCUT2D eigenvalue weighted by Crippen LogP contribution is -2.41. The molecule has 2 N–H and O–H groups in total. The van der Waals surface area contributed by atoms with Crippen LogP contribution in [0.4, 0.5) is 0 Å². The number of hydrogen-bond donors (Lipinski definition) is 2. The number of carbonyl (C=O) groups excluding carboxylic acids is 2. The summed E-state index contributed by atoms with van der Waals surface area (Å²) < 4.78 is 27.9. The number of phenols is 1. The van der Waals surface area contributed by atoms with Crippen molar-refractivity contribution in [3.63, 3.8) is 0 Å². The van der Waals surface area contributed by atoms with Gasteiger partial charge in [-0.3, -0.25) is 9.59 Å². The Kier molecular flexibility index (Phi) is 7.68. The van der Waals surface area contributed by atoms with Gasteiger partial charge in [-0.05, 0) is 60.3 Å². The van der Waals surface area contributed by atoms with E-state index < -0.39 is 5.92 Å². The minimum atomic E-state index is -0.459. The Morgan fingerprint density at radius 1 is 1.03 bits per heavy atom. The van der Waals surface area contributed by atoms with Crippen molar-refractivity contribution in [1.29, 1.82) is 0 Å². The summed E-state index contributed by atoms with van der Waals surface area (Å²) in [5.41, 5.74) is 2.72. The quantitative estimate of drug-likeness (QED) is 0.371. The first-order chi connectivity index (χ1) is 18.5. The van der Waals surface area contributed by atoms with Crippen LogP contribution in [-0.4, -0.2) is 69.1 Å². The summed E-state index contributed by atoms with van der Waals surface area (Å²) in [6, 6.07) is 7.30. The molecule has 3 heterocycles. The van der Waals surface area contributed by atoms with E-state index >= 15 is 0 Å². The molecule has 1 amide bonds. The van der Waals surface area contributed by atoms with E-state index in [1.54, 1.807) is 12.1 Å². The Morgan fingerprint density at radius 2 is 1.72 bits per heavy atom. The summed E-state index contributed by atoms with van der Waals surface area (Å²) in [5.74, 6) is 0.734. The van der Waals surface area contributed by atoms with Crippen LogP contribution in [-0.2, 0) is 14.3 Å². The lowest BCUT2D eigenvalue weighted by atomic mass is 9.65. The first kappa shape index (κ1) is 27.2. The maximum Gasteiger partial charge on any atom is 0.310 e. The molecular weight excluding hydrogens is 528 g/mol. The monoisotopic (exact) mass is 560 g/mol. The second-order valence-electron chi connectivity index (χ2n) is 10.2. The van der Waals surface area contributed by atoms with Gasteiger partial charge in [-0.2, -0.15) is 0 Å². The average molecular weight is 561 g/mol. The van der Waals surface area contributed by atoms with Gasteiger partial charge in [0.05, 0.1) is 26.7 Å². The Bertz CT molecular complexity index is 1250. The predicted molar refractivity (Wildman–Crippen MR) is 142 cm³/mol. The fourth-order valence-electron chi connectivity index (χ4n) is 6.39. The number of halogens is 1. The van der Waals surface area contributed by atoms with E-state index in [2.05, 4.69) is 5.32 Å². The molecule has 210 valence electrons. The number of nitrogens with one attached hydrogen (secondary N) is 1. The number of methoxy groups -OCH3 is 2. The Labute approximate surface area is 232 Å². The van der Waals surface area contributed by atoms with Crippen LogP contribution in [0.5, 0.6) is 28.7 Å². The van der Waals surface area contributed by atoms with E-state index in [-0.39, 0.29) is 66.2 Å². The summed E-state index contributed by atoms with van der Waals surface area (Å²) in [4.78, 5) is 27.2. The Balaban J connectivity index is 0.00000308. The number of fused-ring (bicyclic) bond motifs is 3. The zero-order valence-corrected chi connectivity index (χ0v) is 22.8. The van der Waals surface area contributed by atoms with Crippen molar-refractivity contribution >= 4 is 24.3 Å². The molecule has 6 rings (SSSR count). The number of phenolic OH excluding ortho intramolecular Hbond substituents is 1. The van der Waals surface area contributed by atoms with Gasteiger partial charge < -0.3 is 39.0 Å². The van der Waals surface area contributed by atoms with Crippen LogP contribution in [0.25, 0.3) is 0 Å². The van der Waals surface area contributed by atoms with Gasteiger partial charge in [0.25, 0.3) is 0 Å². The van der Waals surface area contributed by atoms with E-state index in [1.807, 2.05) is 17.0 Å². The highest BCUT2D eigenvalue weighted by Crippen LogP contribution is 2.55. The molecule has 0 aromatic heterocycles. The van der Waals surface area contributed by atoms with Crippen molar-refractivity contribution in [2.75, 3.05) is 47.3 Å². The maximum absolute atomic E-state index is 13.2. The minimum Gasteiger partial charge on any atom is -0.502 e. The third-order valence-corrected chi connectivity index (χ3v) is 8.19. The zero-order chi connectivity index (χ0) is 26.4. The van der Waals surface area contributed by atoms with Crippen molar-refractivity contribution in [2.24, 2.45) is 11.8 Å². The van der Waals surface area contributed by atoms with E-state index in [0.29, 0.717) is 37.6 Å². The number of aromatic hydroxyl groups is 1. The number of likely N-dealkylation sites (tertiary alicyclic amines) is 1. The van der Waals surface area contributed by atoms with Gasteiger partial charge in [-0.25, -0.2) is 0 Å². The number of carbonyl (C=O) groups is 2. The molecule has 2 saturated heterocycles. The third kappa shape index (κ3) is 4.69. The van der Waals surface area contributed by atoms with Crippen molar-refractivity contribution in [2.45, 2.75) is 31.2 Å². The number of hydrogen-bond acceptors (Lipinski definition) is 9. The maximum atomic E-state index is 13.2. The molecule has 39 heavy (non-hydrogen) atoms. The average Bonchev–Trinajstić information content (AvgIpc) is 3.65. The van der Waals surface area contributed by atoms with Gasteiger partial charge in [0.2, 0.25) is 18.4 Å². The third-order valence-electron chi connectivity index (χ3n) is 8.19. The predicted octanol–water partition coefficient (Wildman–Crippen LogP) is 3.14. The van der Waals surface area contributed by atoms with Gasteiger partial charge in [0, 0.05) is 37.4 Å². The highest BCUT2D eigenvalue weighted by Gasteiger charge is 2.52. The molecule has 4 aliphatic rings. The first-order valence-corrected chi connectivity index (χ1v) is 13.1. The molecule has 0 spiro atoms. The van der Waals surface area contributed by atoms with Gasteiger partial charge in [-0.15, -0.1) is 12.4 Å². The van der Waals surface area contributed by atoms with Crippen LogP contribution in [0.15, 0.2) is 24.3 Å². The molecule has 1 aliphatic carbocycles. The second-order valence-corrected chi connectivity index (χ2v) is 10.2. The highest BCUT2D eigenvalue weighted by molar-refractivity contribution is 5.85. The van der Waals surface area contributed by atoms with Crippen LogP contribution < -0.4 is 24.3 Å². The van der Waals surface area contributed by atoms with Crippen LogP contribution in [0.3, 0.4) is 0 Å². The number of benzene rings is 2. The van der Waals surface area contributed by atoms with E-state index in [4.69, 9.17) is 23.7 Å². The molecule has 2 fully saturated rings. The lowest BCUT2D eigenvalue weighted by Gasteiger charge is -2.39.